The van der Waals surface area contributed by atoms with E-state index in [1.54, 1.807) is 6.07 Å². The molecule has 0 radical (unpaired) electrons. The highest BCUT2D eigenvalue weighted by molar-refractivity contribution is 5.76. The molecule has 1 aromatic carbocycles. The number of fused-ring (bicyclic) bond motifs is 3. The van der Waals surface area contributed by atoms with Gasteiger partial charge in [-0.15, -0.1) is 0 Å². The molecule has 1 aliphatic heterocycles. The van der Waals surface area contributed by atoms with Crippen LogP contribution in [0, 0.1) is 5.82 Å². The molecule has 14 heavy (non-hydrogen) atoms. The van der Waals surface area contributed by atoms with Crippen LogP contribution in [0.1, 0.15) is 18.7 Å². The average Bonchev–Trinajstić information content (AvgIpc) is 2.59. The number of aromatic nitrogens is 2. The second-order valence-electron chi connectivity index (χ2n) is 3.74. The molecule has 0 amide bonds. The van der Waals surface area contributed by atoms with Crippen molar-refractivity contribution in [2.24, 2.45) is 0 Å². The molecule has 0 N–H and O–H groups in total. The molecule has 0 aliphatic carbocycles. The van der Waals surface area contributed by atoms with E-state index in [0.29, 0.717) is 5.52 Å². The van der Waals surface area contributed by atoms with Gasteiger partial charge in [0.25, 0.3) is 0 Å². The maximum Gasteiger partial charge on any atom is 0.151 e. The van der Waals surface area contributed by atoms with E-state index in [9.17, 15) is 4.39 Å². The van der Waals surface area contributed by atoms with Crippen LogP contribution in [0.15, 0.2) is 18.2 Å². The highest BCUT2D eigenvalue weighted by Gasteiger charge is 2.15. The molecule has 0 unspecified atom stereocenters. The lowest BCUT2D eigenvalue weighted by atomic mass is 10.2. The summed E-state index contributed by atoms with van der Waals surface area (Å²) in [5.74, 6) is 0.834. The molecule has 2 nitrogen and oxygen atoms in total. The highest BCUT2D eigenvalue weighted by atomic mass is 19.1. The molecule has 0 fully saturated rings. The lowest BCUT2D eigenvalue weighted by molar-refractivity contribution is 0.533. The Labute approximate surface area is 81.4 Å². The van der Waals surface area contributed by atoms with Crippen LogP contribution in [0.4, 0.5) is 4.39 Å². The number of benzene rings is 1. The van der Waals surface area contributed by atoms with Gasteiger partial charge in [0.15, 0.2) is 5.82 Å². The topological polar surface area (TPSA) is 17.8 Å². The fourth-order valence-corrected chi connectivity index (χ4v) is 2.15. The van der Waals surface area contributed by atoms with Crippen molar-refractivity contribution in [2.45, 2.75) is 25.8 Å². The van der Waals surface area contributed by atoms with Gasteiger partial charge in [0.05, 0.1) is 5.52 Å². The minimum absolute atomic E-state index is 0.204. The van der Waals surface area contributed by atoms with Crippen LogP contribution in [-0.2, 0) is 13.0 Å². The SMILES string of the molecule is Fc1cccc2c1nc1n2CCCC1. The third-order valence-corrected chi connectivity index (χ3v) is 2.84. The molecule has 0 saturated heterocycles. The van der Waals surface area contributed by atoms with Crippen molar-refractivity contribution in [3.63, 3.8) is 0 Å². The molecule has 3 heteroatoms. The first-order valence-electron chi connectivity index (χ1n) is 5.00. The van der Waals surface area contributed by atoms with Crippen molar-refractivity contribution < 1.29 is 4.39 Å². The number of hydrogen-bond donors (Lipinski definition) is 0. The molecular formula is C11H11FN2. The van der Waals surface area contributed by atoms with E-state index < -0.39 is 0 Å². The van der Waals surface area contributed by atoms with Gasteiger partial charge < -0.3 is 4.57 Å². The lowest BCUT2D eigenvalue weighted by Gasteiger charge is -2.13. The Morgan fingerprint density at radius 2 is 2.21 bits per heavy atom. The Kier molecular flexibility index (Phi) is 1.60. The van der Waals surface area contributed by atoms with Crippen molar-refractivity contribution in [1.29, 1.82) is 0 Å². The van der Waals surface area contributed by atoms with Gasteiger partial charge in [0.2, 0.25) is 0 Å². The maximum atomic E-state index is 13.4. The maximum absolute atomic E-state index is 13.4. The van der Waals surface area contributed by atoms with Crippen molar-refractivity contribution in [3.8, 4) is 0 Å². The van der Waals surface area contributed by atoms with Crippen molar-refractivity contribution in [2.75, 3.05) is 0 Å². The summed E-state index contributed by atoms with van der Waals surface area (Å²) in [5.41, 5.74) is 1.48. The number of rotatable bonds is 0. The number of imidazole rings is 1. The normalized spacial score (nSPS) is 15.8. The monoisotopic (exact) mass is 190 g/mol. The molecule has 72 valence electrons. The highest BCUT2D eigenvalue weighted by Crippen LogP contribution is 2.23. The van der Waals surface area contributed by atoms with Gasteiger partial charge in [-0.2, -0.15) is 0 Å². The molecular weight excluding hydrogens is 179 g/mol. The minimum atomic E-state index is -0.204. The largest absolute Gasteiger partial charge is 0.328 e. The summed E-state index contributed by atoms with van der Waals surface area (Å²) in [6.45, 7) is 0.981. The molecule has 0 atom stereocenters. The smallest absolute Gasteiger partial charge is 0.151 e. The van der Waals surface area contributed by atoms with Crippen LogP contribution in [0.25, 0.3) is 11.0 Å². The molecule has 0 saturated carbocycles. The Bertz CT molecular complexity index is 487. The molecule has 0 spiro atoms. The van der Waals surface area contributed by atoms with Gasteiger partial charge in [-0.1, -0.05) is 6.07 Å². The van der Waals surface area contributed by atoms with E-state index >= 15 is 0 Å². The summed E-state index contributed by atoms with van der Waals surface area (Å²) in [6.07, 6.45) is 3.33. The number of nitrogens with zero attached hydrogens (tertiary/aromatic N) is 2. The first-order valence-corrected chi connectivity index (χ1v) is 5.00. The summed E-state index contributed by atoms with van der Waals surface area (Å²) in [5, 5.41) is 0. The Hall–Kier alpha value is -1.38. The fraction of sp³-hybridized carbons (Fsp3) is 0.364. The van der Waals surface area contributed by atoms with E-state index in [1.807, 2.05) is 6.07 Å². The molecule has 2 aromatic rings. The van der Waals surface area contributed by atoms with Crippen molar-refractivity contribution in [1.82, 2.24) is 9.55 Å². The first kappa shape index (κ1) is 7.97. The first-order chi connectivity index (χ1) is 6.86. The number of hydrogen-bond acceptors (Lipinski definition) is 1. The van der Waals surface area contributed by atoms with Crippen LogP contribution in [0.3, 0.4) is 0 Å². The van der Waals surface area contributed by atoms with Crippen LogP contribution >= 0.6 is 0 Å². The lowest BCUT2D eigenvalue weighted by Crippen LogP contribution is -2.09. The number of aryl methyl sites for hydroxylation is 2. The van der Waals surface area contributed by atoms with E-state index in [-0.39, 0.29) is 5.82 Å². The molecule has 3 rings (SSSR count). The van der Waals surface area contributed by atoms with E-state index in [4.69, 9.17) is 0 Å². The summed E-state index contributed by atoms with van der Waals surface area (Å²) < 4.78 is 15.5. The van der Waals surface area contributed by atoms with E-state index in [1.165, 1.54) is 18.9 Å². The summed E-state index contributed by atoms with van der Waals surface area (Å²) >= 11 is 0. The van der Waals surface area contributed by atoms with Gasteiger partial charge in [-0.05, 0) is 25.0 Å². The average molecular weight is 190 g/mol. The summed E-state index contributed by atoms with van der Waals surface area (Å²) in [4.78, 5) is 4.34. The van der Waals surface area contributed by atoms with Crippen LogP contribution in [0.5, 0.6) is 0 Å². The van der Waals surface area contributed by atoms with Crippen LogP contribution in [-0.4, -0.2) is 9.55 Å². The molecule has 2 heterocycles. The van der Waals surface area contributed by atoms with E-state index in [2.05, 4.69) is 9.55 Å². The molecule has 1 aliphatic rings. The zero-order chi connectivity index (χ0) is 9.54. The number of para-hydroxylation sites is 1. The summed E-state index contributed by atoms with van der Waals surface area (Å²) in [7, 11) is 0. The van der Waals surface area contributed by atoms with Gasteiger partial charge in [-0.25, -0.2) is 9.37 Å². The third kappa shape index (κ3) is 0.983. The van der Waals surface area contributed by atoms with Crippen molar-refractivity contribution >= 4 is 11.0 Å². The fourth-order valence-electron chi connectivity index (χ4n) is 2.15. The summed E-state index contributed by atoms with van der Waals surface area (Å²) in [6, 6.07) is 5.17. The van der Waals surface area contributed by atoms with Gasteiger partial charge >= 0.3 is 0 Å². The van der Waals surface area contributed by atoms with Crippen LogP contribution < -0.4 is 0 Å². The van der Waals surface area contributed by atoms with Crippen molar-refractivity contribution in [3.05, 3.63) is 29.8 Å². The predicted molar refractivity (Wildman–Crippen MR) is 52.6 cm³/mol. The Morgan fingerprint density at radius 3 is 3.14 bits per heavy atom. The van der Waals surface area contributed by atoms with Gasteiger partial charge in [0.1, 0.15) is 11.3 Å². The number of halogens is 1. The second kappa shape index (κ2) is 2.80. The Balaban J connectivity index is 2.36. The van der Waals surface area contributed by atoms with Gasteiger partial charge in [-0.3, -0.25) is 0 Å². The van der Waals surface area contributed by atoms with Gasteiger partial charge in [0, 0.05) is 13.0 Å². The zero-order valence-electron chi connectivity index (χ0n) is 7.83. The minimum Gasteiger partial charge on any atom is -0.328 e. The quantitative estimate of drug-likeness (QED) is 0.624. The third-order valence-electron chi connectivity index (χ3n) is 2.84. The zero-order valence-corrected chi connectivity index (χ0v) is 7.83. The Morgan fingerprint density at radius 1 is 1.29 bits per heavy atom. The van der Waals surface area contributed by atoms with E-state index in [0.717, 1.165) is 24.3 Å². The predicted octanol–water partition coefficient (Wildman–Crippen LogP) is 2.51. The second-order valence-corrected chi connectivity index (χ2v) is 3.74. The standard InChI is InChI=1S/C11H11FN2/c12-8-4-3-5-9-11(8)13-10-6-1-2-7-14(9)10/h3-5H,1-2,6-7H2. The molecule has 0 bridgehead atoms. The molecule has 1 aromatic heterocycles. The van der Waals surface area contributed by atoms with Crippen LogP contribution in [0.2, 0.25) is 0 Å².